The molecule has 1 unspecified atom stereocenters. The first-order chi connectivity index (χ1) is 7.00. The summed E-state index contributed by atoms with van der Waals surface area (Å²) in [7, 11) is 0. The van der Waals surface area contributed by atoms with Gasteiger partial charge in [0.05, 0.1) is 0 Å². The number of benzene rings is 1. The van der Waals surface area contributed by atoms with E-state index in [1.165, 1.54) is 6.07 Å². The average Bonchev–Trinajstić information content (AvgIpc) is 2.18. The summed E-state index contributed by atoms with van der Waals surface area (Å²) in [5.74, 6) is 0.0224. The summed E-state index contributed by atoms with van der Waals surface area (Å²) in [6.45, 7) is 4.01. The Hall–Kier alpha value is -1.55. The molecule has 0 saturated heterocycles. The maximum atomic E-state index is 11.6. The molecule has 0 aliphatic rings. The van der Waals surface area contributed by atoms with Crippen LogP contribution in [0.15, 0.2) is 18.2 Å². The Bertz CT molecular complexity index is 362. The van der Waals surface area contributed by atoms with Crippen molar-refractivity contribution in [3.05, 3.63) is 29.3 Å². The largest absolute Gasteiger partial charge is 0.508 e. The van der Waals surface area contributed by atoms with Crippen molar-refractivity contribution >= 4 is 5.91 Å². The average molecular weight is 208 g/mol. The lowest BCUT2D eigenvalue weighted by atomic mass is 10.1. The van der Waals surface area contributed by atoms with E-state index < -0.39 is 0 Å². The molecule has 82 valence electrons. The Morgan fingerprint density at radius 1 is 1.60 bits per heavy atom. The van der Waals surface area contributed by atoms with Crippen molar-refractivity contribution in [1.29, 1.82) is 0 Å². The Labute approximate surface area is 89.1 Å². The molecule has 0 radical (unpaired) electrons. The number of aryl methyl sites for hydroxylation is 1. The Morgan fingerprint density at radius 3 is 2.80 bits per heavy atom. The molecule has 0 heterocycles. The van der Waals surface area contributed by atoms with Gasteiger partial charge in [0.15, 0.2) is 0 Å². The van der Waals surface area contributed by atoms with Gasteiger partial charge in [-0.05, 0) is 37.6 Å². The van der Waals surface area contributed by atoms with E-state index in [0.29, 0.717) is 17.7 Å². The minimum atomic E-state index is -0.171. The zero-order valence-electron chi connectivity index (χ0n) is 8.95. The lowest BCUT2D eigenvalue weighted by Crippen LogP contribution is -2.35. The van der Waals surface area contributed by atoms with Crippen LogP contribution in [0.5, 0.6) is 5.75 Å². The lowest BCUT2D eigenvalue weighted by Gasteiger charge is -2.08. The minimum absolute atomic E-state index is 0.0628. The van der Waals surface area contributed by atoms with Crippen LogP contribution in [0.3, 0.4) is 0 Å². The summed E-state index contributed by atoms with van der Waals surface area (Å²) in [4.78, 5) is 11.6. The van der Waals surface area contributed by atoms with Crippen molar-refractivity contribution < 1.29 is 9.90 Å². The lowest BCUT2D eigenvalue weighted by molar-refractivity contribution is 0.0951. The summed E-state index contributed by atoms with van der Waals surface area (Å²) in [5.41, 5.74) is 6.74. The van der Waals surface area contributed by atoms with E-state index in [1.54, 1.807) is 19.1 Å². The van der Waals surface area contributed by atoms with Crippen molar-refractivity contribution in [3.63, 3.8) is 0 Å². The van der Waals surface area contributed by atoms with Crippen LogP contribution in [-0.2, 0) is 0 Å². The van der Waals surface area contributed by atoms with Crippen molar-refractivity contribution in [2.45, 2.75) is 19.9 Å². The number of hydrogen-bond donors (Lipinski definition) is 3. The van der Waals surface area contributed by atoms with Gasteiger partial charge in [-0.3, -0.25) is 4.79 Å². The monoisotopic (exact) mass is 208 g/mol. The van der Waals surface area contributed by atoms with E-state index in [4.69, 9.17) is 5.73 Å². The number of phenolic OH excluding ortho intramolecular Hbond substituents is 1. The van der Waals surface area contributed by atoms with Gasteiger partial charge in [0.25, 0.3) is 5.91 Å². The van der Waals surface area contributed by atoms with Crippen molar-refractivity contribution in [1.82, 2.24) is 5.32 Å². The first-order valence-electron chi connectivity index (χ1n) is 4.84. The zero-order chi connectivity index (χ0) is 11.4. The fraction of sp³-hybridized carbons (Fsp3) is 0.364. The van der Waals surface area contributed by atoms with Crippen molar-refractivity contribution in [2.24, 2.45) is 5.73 Å². The third-order valence-electron chi connectivity index (χ3n) is 2.04. The third kappa shape index (κ3) is 3.25. The molecule has 4 heteroatoms. The molecule has 1 aromatic carbocycles. The molecule has 1 atom stereocenters. The van der Waals surface area contributed by atoms with Crippen LogP contribution in [0.2, 0.25) is 0 Å². The van der Waals surface area contributed by atoms with Crippen LogP contribution in [-0.4, -0.2) is 23.6 Å². The molecule has 0 spiro atoms. The predicted molar refractivity (Wildman–Crippen MR) is 58.8 cm³/mol. The highest BCUT2D eigenvalue weighted by Gasteiger charge is 2.07. The number of hydrogen-bond acceptors (Lipinski definition) is 3. The molecule has 4 nitrogen and oxygen atoms in total. The maximum absolute atomic E-state index is 11.6. The zero-order valence-corrected chi connectivity index (χ0v) is 8.95. The van der Waals surface area contributed by atoms with Gasteiger partial charge in [-0.1, -0.05) is 0 Å². The number of nitrogens with one attached hydrogen (secondary N) is 1. The molecular formula is C11H16N2O2. The van der Waals surface area contributed by atoms with E-state index in [9.17, 15) is 9.90 Å². The Balaban J connectivity index is 2.70. The molecule has 1 aromatic rings. The van der Waals surface area contributed by atoms with Crippen LogP contribution in [0, 0.1) is 6.92 Å². The highest BCUT2D eigenvalue weighted by atomic mass is 16.3. The quantitative estimate of drug-likeness (QED) is 0.687. The van der Waals surface area contributed by atoms with Crippen LogP contribution in [0.1, 0.15) is 22.8 Å². The molecule has 0 fully saturated rings. The van der Waals surface area contributed by atoms with Gasteiger partial charge < -0.3 is 16.2 Å². The topological polar surface area (TPSA) is 75.4 Å². The van der Waals surface area contributed by atoms with Gasteiger partial charge in [-0.15, -0.1) is 0 Å². The second kappa shape index (κ2) is 4.79. The number of phenols is 1. The Morgan fingerprint density at radius 2 is 2.27 bits per heavy atom. The molecule has 4 N–H and O–H groups in total. The Kier molecular flexibility index (Phi) is 3.68. The van der Waals surface area contributed by atoms with E-state index in [1.807, 2.05) is 6.92 Å². The third-order valence-corrected chi connectivity index (χ3v) is 2.04. The van der Waals surface area contributed by atoms with E-state index in [2.05, 4.69) is 5.32 Å². The minimum Gasteiger partial charge on any atom is -0.508 e. The number of nitrogens with two attached hydrogens (primary N) is 1. The molecule has 0 aliphatic carbocycles. The number of rotatable bonds is 3. The molecular weight excluding hydrogens is 192 g/mol. The summed E-state index contributed by atoms with van der Waals surface area (Å²) >= 11 is 0. The first kappa shape index (κ1) is 11.5. The number of carbonyl (C=O) groups excluding carboxylic acids is 1. The molecule has 1 rings (SSSR count). The first-order valence-corrected chi connectivity index (χ1v) is 4.84. The predicted octanol–water partition coefficient (Wildman–Crippen LogP) is 0.778. The normalized spacial score (nSPS) is 12.2. The summed E-state index contributed by atoms with van der Waals surface area (Å²) in [6, 6.07) is 4.67. The second-order valence-corrected chi connectivity index (χ2v) is 3.69. The van der Waals surface area contributed by atoms with E-state index in [0.717, 1.165) is 0 Å². The summed E-state index contributed by atoms with van der Waals surface area (Å²) in [5, 5.41) is 12.0. The van der Waals surface area contributed by atoms with Crippen LogP contribution in [0.4, 0.5) is 0 Å². The molecule has 1 amide bonds. The van der Waals surface area contributed by atoms with Crippen LogP contribution >= 0.6 is 0 Å². The molecule has 15 heavy (non-hydrogen) atoms. The summed E-state index contributed by atoms with van der Waals surface area (Å²) < 4.78 is 0. The fourth-order valence-corrected chi connectivity index (χ4v) is 1.15. The van der Waals surface area contributed by atoms with Gasteiger partial charge in [-0.25, -0.2) is 0 Å². The maximum Gasteiger partial charge on any atom is 0.251 e. The van der Waals surface area contributed by atoms with E-state index >= 15 is 0 Å². The van der Waals surface area contributed by atoms with E-state index in [-0.39, 0.29) is 17.7 Å². The van der Waals surface area contributed by atoms with Gasteiger partial charge in [0, 0.05) is 18.2 Å². The SMILES string of the molecule is Cc1cc(C(=O)NCC(C)N)ccc1O. The standard InChI is InChI=1S/C11H16N2O2/c1-7-5-9(3-4-10(7)14)11(15)13-6-8(2)12/h3-5,8,14H,6,12H2,1-2H3,(H,13,15). The van der Waals surface area contributed by atoms with Crippen molar-refractivity contribution in [2.75, 3.05) is 6.54 Å². The highest BCUT2D eigenvalue weighted by Crippen LogP contribution is 2.16. The van der Waals surface area contributed by atoms with Gasteiger partial charge >= 0.3 is 0 Å². The van der Waals surface area contributed by atoms with Crippen LogP contribution in [0.25, 0.3) is 0 Å². The van der Waals surface area contributed by atoms with Gasteiger partial charge in [0.1, 0.15) is 5.75 Å². The number of amides is 1. The molecule has 0 saturated carbocycles. The number of carbonyl (C=O) groups is 1. The van der Waals surface area contributed by atoms with Crippen molar-refractivity contribution in [3.8, 4) is 5.75 Å². The number of aromatic hydroxyl groups is 1. The molecule has 0 aliphatic heterocycles. The van der Waals surface area contributed by atoms with Gasteiger partial charge in [-0.2, -0.15) is 0 Å². The highest BCUT2D eigenvalue weighted by molar-refractivity contribution is 5.94. The molecule has 0 bridgehead atoms. The summed E-state index contributed by atoms with van der Waals surface area (Å²) in [6.07, 6.45) is 0. The smallest absolute Gasteiger partial charge is 0.251 e. The van der Waals surface area contributed by atoms with Crippen LogP contribution < -0.4 is 11.1 Å². The van der Waals surface area contributed by atoms with Gasteiger partial charge in [0.2, 0.25) is 0 Å². The second-order valence-electron chi connectivity index (χ2n) is 3.69. The fourth-order valence-electron chi connectivity index (χ4n) is 1.15. The molecule has 0 aromatic heterocycles.